The summed E-state index contributed by atoms with van der Waals surface area (Å²) in [5.74, 6) is -1.24. The molecule has 1 aliphatic heterocycles. The number of carbonyl (C=O) groups excluding carboxylic acids is 2. The van der Waals surface area contributed by atoms with Crippen molar-refractivity contribution in [3.8, 4) is 0 Å². The summed E-state index contributed by atoms with van der Waals surface area (Å²) in [4.78, 5) is 54.4. The summed E-state index contributed by atoms with van der Waals surface area (Å²) in [6.45, 7) is 3.03. The highest BCUT2D eigenvalue weighted by Gasteiger charge is 2.54. The number of rotatable bonds is 40. The van der Waals surface area contributed by atoms with Gasteiger partial charge in [0.05, 0.1) is 18.8 Å². The zero-order chi connectivity index (χ0) is 48.6. The summed E-state index contributed by atoms with van der Waals surface area (Å²) >= 11 is 0. The van der Waals surface area contributed by atoms with Crippen LogP contribution in [-0.2, 0) is 46.5 Å². The van der Waals surface area contributed by atoms with Crippen LogP contribution in [0.5, 0.6) is 0 Å². The minimum absolute atomic E-state index is 0.0192. The molecule has 1 heterocycles. The third-order valence-corrected chi connectivity index (χ3v) is 13.1. The number of allylic oxidation sites excluding steroid dienone is 5. The molecule has 1 saturated heterocycles. The lowest BCUT2D eigenvalue weighted by atomic mass is 9.85. The van der Waals surface area contributed by atoms with Gasteiger partial charge in [0.1, 0.15) is 43.2 Å². The summed E-state index contributed by atoms with van der Waals surface area (Å²) in [7, 11) is -10.7. The predicted octanol–water partition coefficient (Wildman–Crippen LogP) is 8.50. The standard InChI is InChI=1S/C47H84O17P2/c1-3-5-7-9-11-12-13-14-15-16-17-18-19-20-21-25-29-33-40(48)59-35-37(36-60-66(57,58)64-47-44(52)42(50)43(51)46(45(47)53)63-65(54,55)56)61-41(49)34-30-26-22-24-28-32-39-38(62-39)31-27-23-10-8-6-4-2/h11-12,14-15,23,27,37-39,42-47,50-53H,3-10,13,16-22,24-26,28-36H2,1-2H3,(H,57,58)(H2,54,55,56)/b12-11-,15-14-,27-23-/t37-,38?,39?,42?,43?,44?,45?,46-,47+/m1/s1. The van der Waals surface area contributed by atoms with Crippen LogP contribution in [0.3, 0.4) is 0 Å². The zero-order valence-corrected chi connectivity index (χ0v) is 41.4. The lowest BCUT2D eigenvalue weighted by Crippen LogP contribution is -2.64. The van der Waals surface area contributed by atoms with Gasteiger partial charge in [-0.3, -0.25) is 23.2 Å². The van der Waals surface area contributed by atoms with E-state index >= 15 is 0 Å². The quantitative estimate of drug-likeness (QED) is 0.00997. The molecule has 17 nitrogen and oxygen atoms in total. The van der Waals surface area contributed by atoms with E-state index in [1.54, 1.807) is 0 Å². The van der Waals surface area contributed by atoms with Gasteiger partial charge in [-0.05, 0) is 70.6 Å². The second-order valence-corrected chi connectivity index (χ2v) is 20.2. The van der Waals surface area contributed by atoms with Crippen molar-refractivity contribution in [3.05, 3.63) is 36.5 Å². The maximum absolute atomic E-state index is 13.0. The first kappa shape index (κ1) is 60.3. The van der Waals surface area contributed by atoms with Gasteiger partial charge >= 0.3 is 27.6 Å². The molecule has 10 atom stereocenters. The van der Waals surface area contributed by atoms with Gasteiger partial charge in [-0.2, -0.15) is 0 Å². The highest BCUT2D eigenvalue weighted by Crippen LogP contribution is 2.49. The van der Waals surface area contributed by atoms with E-state index in [2.05, 4.69) is 54.8 Å². The SMILES string of the molecule is CCCCC/C=C\C/C=C\CCCCCCCCCC(=O)OC[C@H](COP(=O)(O)O[C@H]1C(O)C(O)C(O)[C@@H](OP(=O)(O)O)C1O)OC(=O)CCCCCCCC1OC1C/C=C\CCCCC. The number of aliphatic hydroxyl groups excluding tert-OH is 4. The molecule has 7 N–H and O–H groups in total. The number of aliphatic hydroxyl groups is 4. The summed E-state index contributed by atoms with van der Waals surface area (Å²) < 4.78 is 55.2. The largest absolute Gasteiger partial charge is 0.472 e. The van der Waals surface area contributed by atoms with Crippen LogP contribution in [0.4, 0.5) is 0 Å². The Morgan fingerprint density at radius 3 is 1.64 bits per heavy atom. The monoisotopic (exact) mass is 983 g/mol. The van der Waals surface area contributed by atoms with Crippen molar-refractivity contribution >= 4 is 27.6 Å². The Morgan fingerprint density at radius 2 is 1.06 bits per heavy atom. The molecule has 0 aromatic carbocycles. The first-order chi connectivity index (χ1) is 31.6. The van der Waals surface area contributed by atoms with Gasteiger partial charge in [-0.15, -0.1) is 0 Å². The van der Waals surface area contributed by atoms with Gasteiger partial charge in [0.25, 0.3) is 0 Å². The normalized spacial score (nSPS) is 24.9. The fourth-order valence-electron chi connectivity index (χ4n) is 7.65. The minimum Gasteiger partial charge on any atom is -0.462 e. The topological polar surface area (TPSA) is 269 Å². The number of phosphoric ester groups is 2. The Morgan fingerprint density at radius 1 is 0.561 bits per heavy atom. The van der Waals surface area contributed by atoms with Crippen LogP contribution in [0, 0.1) is 0 Å². The second kappa shape index (κ2) is 35.3. The first-order valence-corrected chi connectivity index (χ1v) is 27.7. The van der Waals surface area contributed by atoms with Crippen molar-refractivity contribution in [2.45, 2.75) is 236 Å². The molecule has 0 aromatic rings. The summed E-state index contributed by atoms with van der Waals surface area (Å²) in [5.41, 5.74) is 0. The number of carbonyl (C=O) groups is 2. The van der Waals surface area contributed by atoms with Crippen molar-refractivity contribution in [1.29, 1.82) is 0 Å². The fourth-order valence-corrected chi connectivity index (χ4v) is 9.19. The van der Waals surface area contributed by atoms with E-state index < -0.39 is 83.5 Å². The third-order valence-electron chi connectivity index (χ3n) is 11.6. The van der Waals surface area contributed by atoms with E-state index in [9.17, 15) is 53.8 Å². The van der Waals surface area contributed by atoms with Crippen LogP contribution in [0.2, 0.25) is 0 Å². The molecule has 1 saturated carbocycles. The van der Waals surface area contributed by atoms with E-state index in [-0.39, 0.29) is 12.8 Å². The molecule has 1 aliphatic carbocycles. The van der Waals surface area contributed by atoms with E-state index in [0.29, 0.717) is 25.0 Å². The molecule has 7 unspecified atom stereocenters. The number of unbranched alkanes of at least 4 members (excludes halogenated alkanes) is 17. The molecule has 2 rings (SSSR count). The molecule has 0 spiro atoms. The van der Waals surface area contributed by atoms with Gasteiger partial charge in [-0.1, -0.05) is 134 Å². The maximum atomic E-state index is 13.0. The Labute approximate surface area is 393 Å². The van der Waals surface area contributed by atoms with Crippen molar-refractivity contribution in [2.75, 3.05) is 13.2 Å². The third kappa shape index (κ3) is 28.6. The average Bonchev–Trinajstić information content (AvgIpc) is 4.03. The first-order valence-electron chi connectivity index (χ1n) is 24.7. The Kier molecular flexibility index (Phi) is 32.3. The van der Waals surface area contributed by atoms with Crippen molar-refractivity contribution in [3.63, 3.8) is 0 Å². The van der Waals surface area contributed by atoms with Gasteiger partial charge < -0.3 is 49.3 Å². The number of hydrogen-bond acceptors (Lipinski definition) is 14. The molecule has 2 fully saturated rings. The molecular formula is C47H84O17P2. The zero-order valence-electron chi connectivity index (χ0n) is 39.6. The Hall–Kier alpha value is -1.82. The lowest BCUT2D eigenvalue weighted by molar-refractivity contribution is -0.216. The van der Waals surface area contributed by atoms with Crippen molar-refractivity contribution < 1.29 is 81.6 Å². The van der Waals surface area contributed by atoms with Crippen LogP contribution in [0.15, 0.2) is 36.5 Å². The van der Waals surface area contributed by atoms with E-state index in [4.69, 9.17) is 23.3 Å². The Balaban J connectivity index is 1.78. The van der Waals surface area contributed by atoms with E-state index in [0.717, 1.165) is 103 Å². The highest BCUT2D eigenvalue weighted by molar-refractivity contribution is 7.47. The molecule has 19 heteroatoms. The minimum atomic E-state index is -5.37. The van der Waals surface area contributed by atoms with Crippen LogP contribution < -0.4 is 0 Å². The fraction of sp³-hybridized carbons (Fsp3) is 0.830. The van der Waals surface area contributed by atoms with E-state index in [1.807, 2.05) is 0 Å². The molecule has 2 aliphatic rings. The van der Waals surface area contributed by atoms with Gasteiger partial charge in [-0.25, -0.2) is 9.13 Å². The van der Waals surface area contributed by atoms with Crippen LogP contribution in [0.25, 0.3) is 0 Å². The molecule has 0 aromatic heterocycles. The maximum Gasteiger partial charge on any atom is 0.472 e. The molecular weight excluding hydrogens is 898 g/mol. The summed E-state index contributed by atoms with van der Waals surface area (Å²) in [6.07, 6.45) is 23.9. The number of esters is 2. The number of ether oxygens (including phenoxy) is 3. The van der Waals surface area contributed by atoms with Gasteiger partial charge in [0, 0.05) is 12.8 Å². The van der Waals surface area contributed by atoms with Crippen LogP contribution >= 0.6 is 15.6 Å². The van der Waals surface area contributed by atoms with Gasteiger partial charge in [0.2, 0.25) is 0 Å². The van der Waals surface area contributed by atoms with Crippen LogP contribution in [-0.4, -0.2) is 115 Å². The summed E-state index contributed by atoms with van der Waals surface area (Å²) in [5, 5.41) is 41.3. The molecule has 0 amide bonds. The molecule has 0 bridgehead atoms. The predicted molar refractivity (Wildman–Crippen MR) is 250 cm³/mol. The van der Waals surface area contributed by atoms with Crippen molar-refractivity contribution in [1.82, 2.24) is 0 Å². The smallest absolute Gasteiger partial charge is 0.462 e. The molecule has 384 valence electrons. The number of phosphoric acid groups is 2. The lowest BCUT2D eigenvalue weighted by Gasteiger charge is -2.43. The second-order valence-electron chi connectivity index (χ2n) is 17.6. The van der Waals surface area contributed by atoms with Crippen LogP contribution in [0.1, 0.15) is 181 Å². The van der Waals surface area contributed by atoms with Crippen molar-refractivity contribution in [2.24, 2.45) is 0 Å². The Bertz CT molecular complexity index is 1490. The highest BCUT2D eigenvalue weighted by atomic mass is 31.2. The number of hydrogen-bond donors (Lipinski definition) is 7. The summed E-state index contributed by atoms with van der Waals surface area (Å²) in [6, 6.07) is 0. The van der Waals surface area contributed by atoms with Gasteiger partial charge in [0.15, 0.2) is 6.10 Å². The average molecular weight is 983 g/mol. The molecule has 66 heavy (non-hydrogen) atoms. The van der Waals surface area contributed by atoms with E-state index in [1.165, 1.54) is 38.5 Å². The number of epoxide rings is 1. The molecule has 0 radical (unpaired) electrons.